The zero-order valence-corrected chi connectivity index (χ0v) is 7.16. The summed E-state index contributed by atoms with van der Waals surface area (Å²) >= 11 is 0. The van der Waals surface area contributed by atoms with Gasteiger partial charge in [-0.1, -0.05) is 37.3 Å². The van der Waals surface area contributed by atoms with Crippen molar-refractivity contribution < 1.29 is 4.79 Å². The van der Waals surface area contributed by atoms with Crippen LogP contribution < -0.4 is 0 Å². The van der Waals surface area contributed by atoms with Crippen molar-refractivity contribution in [2.75, 3.05) is 0 Å². The third kappa shape index (κ3) is 1.06. The molecule has 0 heterocycles. The first-order valence-corrected chi connectivity index (χ1v) is 4.36. The molecule has 0 aliphatic heterocycles. The first-order valence-electron chi connectivity index (χ1n) is 4.36. The topological polar surface area (TPSA) is 17.1 Å². The van der Waals surface area contributed by atoms with E-state index in [2.05, 4.69) is 12.1 Å². The van der Waals surface area contributed by atoms with Gasteiger partial charge in [-0.25, -0.2) is 0 Å². The lowest BCUT2D eigenvalue weighted by molar-refractivity contribution is -0.130. The van der Waals surface area contributed by atoms with E-state index in [9.17, 15) is 4.79 Å². The fourth-order valence-corrected chi connectivity index (χ4v) is 1.75. The average Bonchev–Trinajstić information content (AvgIpc) is 2.15. The van der Waals surface area contributed by atoms with Crippen molar-refractivity contribution in [3.05, 3.63) is 35.9 Å². The first-order chi connectivity index (χ1) is 5.79. The Bertz CT molecular complexity index is 289. The predicted molar refractivity (Wildman–Crippen MR) is 48.0 cm³/mol. The standard InChI is InChI=1S/C11H12O/c1-8-10(7-11(8)12)9-5-3-2-4-6-9/h2-6,8,10H,7H2,1H3/t8-,10-/m0/s1. The summed E-state index contributed by atoms with van der Waals surface area (Å²) in [6.45, 7) is 2.02. The van der Waals surface area contributed by atoms with Gasteiger partial charge in [0.15, 0.2) is 0 Å². The average molecular weight is 160 g/mol. The van der Waals surface area contributed by atoms with Crippen molar-refractivity contribution in [2.24, 2.45) is 5.92 Å². The van der Waals surface area contributed by atoms with Gasteiger partial charge in [-0.05, 0) is 5.56 Å². The van der Waals surface area contributed by atoms with Gasteiger partial charge in [0, 0.05) is 18.3 Å². The maximum atomic E-state index is 11.0. The van der Waals surface area contributed by atoms with E-state index in [0.29, 0.717) is 11.7 Å². The Balaban J connectivity index is 2.18. The zero-order chi connectivity index (χ0) is 8.55. The van der Waals surface area contributed by atoms with Gasteiger partial charge >= 0.3 is 0 Å². The second-order valence-corrected chi connectivity index (χ2v) is 3.48. The van der Waals surface area contributed by atoms with Crippen molar-refractivity contribution in [3.8, 4) is 0 Å². The quantitative estimate of drug-likeness (QED) is 0.616. The maximum Gasteiger partial charge on any atom is 0.136 e. The van der Waals surface area contributed by atoms with E-state index in [-0.39, 0.29) is 5.92 Å². The molecule has 1 aromatic carbocycles. The molecule has 1 aliphatic carbocycles. The largest absolute Gasteiger partial charge is 0.299 e. The smallest absolute Gasteiger partial charge is 0.136 e. The second-order valence-electron chi connectivity index (χ2n) is 3.48. The van der Waals surface area contributed by atoms with Gasteiger partial charge in [-0.2, -0.15) is 0 Å². The number of Topliss-reactive ketones (excluding diaryl/α,β-unsaturated/α-hetero) is 1. The molecular formula is C11H12O. The van der Waals surface area contributed by atoms with E-state index in [1.807, 2.05) is 25.1 Å². The van der Waals surface area contributed by atoms with Gasteiger partial charge in [0.25, 0.3) is 0 Å². The van der Waals surface area contributed by atoms with Crippen molar-refractivity contribution in [3.63, 3.8) is 0 Å². The molecular weight excluding hydrogens is 148 g/mol. The van der Waals surface area contributed by atoms with Crippen LogP contribution in [0.25, 0.3) is 0 Å². The van der Waals surface area contributed by atoms with Crippen molar-refractivity contribution in [1.29, 1.82) is 0 Å². The Morgan fingerprint density at radius 3 is 2.42 bits per heavy atom. The lowest BCUT2D eigenvalue weighted by atomic mass is 9.70. The molecule has 1 saturated carbocycles. The monoisotopic (exact) mass is 160 g/mol. The molecule has 1 fully saturated rings. The van der Waals surface area contributed by atoms with Gasteiger partial charge in [-0.15, -0.1) is 0 Å². The fourth-order valence-electron chi connectivity index (χ4n) is 1.75. The summed E-state index contributed by atoms with van der Waals surface area (Å²) in [5.41, 5.74) is 1.31. The number of hydrogen-bond acceptors (Lipinski definition) is 1. The van der Waals surface area contributed by atoms with Crippen LogP contribution in [-0.4, -0.2) is 5.78 Å². The fraction of sp³-hybridized carbons (Fsp3) is 0.364. The lowest BCUT2D eigenvalue weighted by Crippen LogP contribution is -2.32. The molecule has 1 aliphatic rings. The highest BCUT2D eigenvalue weighted by Gasteiger charge is 2.36. The molecule has 2 atom stereocenters. The van der Waals surface area contributed by atoms with Gasteiger partial charge in [-0.3, -0.25) is 4.79 Å². The summed E-state index contributed by atoms with van der Waals surface area (Å²) in [5, 5.41) is 0. The van der Waals surface area contributed by atoms with Crippen LogP contribution in [0, 0.1) is 5.92 Å². The number of rotatable bonds is 1. The summed E-state index contributed by atoms with van der Waals surface area (Å²) in [6.07, 6.45) is 0.741. The molecule has 1 aromatic rings. The van der Waals surface area contributed by atoms with E-state index in [4.69, 9.17) is 0 Å². The summed E-state index contributed by atoms with van der Waals surface area (Å²) in [4.78, 5) is 11.0. The van der Waals surface area contributed by atoms with Crippen LogP contribution in [-0.2, 0) is 4.79 Å². The van der Waals surface area contributed by atoms with Gasteiger partial charge < -0.3 is 0 Å². The van der Waals surface area contributed by atoms with Crippen LogP contribution >= 0.6 is 0 Å². The van der Waals surface area contributed by atoms with E-state index in [1.165, 1.54) is 5.56 Å². The minimum atomic E-state index is 0.243. The molecule has 0 amide bonds. The van der Waals surface area contributed by atoms with Crippen LogP contribution in [0.2, 0.25) is 0 Å². The van der Waals surface area contributed by atoms with Crippen LogP contribution in [0.3, 0.4) is 0 Å². The summed E-state index contributed by atoms with van der Waals surface area (Å²) < 4.78 is 0. The molecule has 0 bridgehead atoms. The van der Waals surface area contributed by atoms with Crippen LogP contribution in [0.4, 0.5) is 0 Å². The maximum absolute atomic E-state index is 11.0. The highest BCUT2D eigenvalue weighted by molar-refractivity contribution is 5.88. The Morgan fingerprint density at radius 1 is 1.25 bits per heavy atom. The second kappa shape index (κ2) is 2.74. The SMILES string of the molecule is C[C@@H]1C(=O)C[C@@H]1c1ccccc1. The normalized spacial score (nSPS) is 28.2. The third-order valence-electron chi connectivity index (χ3n) is 2.76. The Kier molecular flexibility index (Phi) is 1.72. The van der Waals surface area contributed by atoms with Crippen LogP contribution in [0.5, 0.6) is 0 Å². The molecule has 0 spiro atoms. The minimum absolute atomic E-state index is 0.243. The molecule has 12 heavy (non-hydrogen) atoms. The van der Waals surface area contributed by atoms with Gasteiger partial charge in [0.2, 0.25) is 0 Å². The molecule has 0 N–H and O–H groups in total. The number of carbonyl (C=O) groups is 1. The Labute approximate surface area is 72.4 Å². The van der Waals surface area contributed by atoms with E-state index in [1.54, 1.807) is 0 Å². The molecule has 0 aromatic heterocycles. The lowest BCUT2D eigenvalue weighted by Gasteiger charge is -2.32. The van der Waals surface area contributed by atoms with Gasteiger partial charge in [0.1, 0.15) is 5.78 Å². The van der Waals surface area contributed by atoms with Crippen molar-refractivity contribution >= 4 is 5.78 Å². The highest BCUT2D eigenvalue weighted by Crippen LogP contribution is 2.38. The minimum Gasteiger partial charge on any atom is -0.299 e. The molecule has 62 valence electrons. The molecule has 0 saturated heterocycles. The molecule has 0 unspecified atom stereocenters. The van der Waals surface area contributed by atoms with Crippen LogP contribution in [0.15, 0.2) is 30.3 Å². The van der Waals surface area contributed by atoms with Gasteiger partial charge in [0.05, 0.1) is 0 Å². The zero-order valence-electron chi connectivity index (χ0n) is 7.16. The Hall–Kier alpha value is -1.11. The number of carbonyl (C=O) groups excluding carboxylic acids is 1. The van der Waals surface area contributed by atoms with E-state index in [0.717, 1.165) is 6.42 Å². The number of ketones is 1. The Morgan fingerprint density at radius 2 is 1.92 bits per heavy atom. The summed E-state index contributed by atoms with van der Waals surface area (Å²) in [7, 11) is 0. The van der Waals surface area contributed by atoms with Crippen molar-refractivity contribution in [1.82, 2.24) is 0 Å². The highest BCUT2D eigenvalue weighted by atomic mass is 16.1. The number of benzene rings is 1. The predicted octanol–water partition coefficient (Wildman–Crippen LogP) is 2.38. The van der Waals surface area contributed by atoms with E-state index < -0.39 is 0 Å². The molecule has 2 rings (SSSR count). The number of hydrogen-bond donors (Lipinski definition) is 0. The molecule has 1 heteroatoms. The van der Waals surface area contributed by atoms with Crippen LogP contribution in [0.1, 0.15) is 24.8 Å². The summed E-state index contributed by atoms with van der Waals surface area (Å²) in [6, 6.07) is 10.3. The molecule has 1 nitrogen and oxygen atoms in total. The first kappa shape index (κ1) is 7.53. The third-order valence-corrected chi connectivity index (χ3v) is 2.76. The summed E-state index contributed by atoms with van der Waals surface area (Å²) in [5.74, 6) is 1.13. The van der Waals surface area contributed by atoms with Crippen molar-refractivity contribution in [2.45, 2.75) is 19.3 Å². The molecule has 0 radical (unpaired) electrons. The van der Waals surface area contributed by atoms with E-state index >= 15 is 0 Å².